The van der Waals surface area contributed by atoms with Gasteiger partial charge in [0.05, 0.1) is 11.6 Å². The Bertz CT molecular complexity index is 371. The molecule has 0 saturated heterocycles. The van der Waals surface area contributed by atoms with Crippen LogP contribution in [0.25, 0.3) is 0 Å². The van der Waals surface area contributed by atoms with Gasteiger partial charge in [-0.15, -0.1) is 11.6 Å². The maximum Gasteiger partial charge on any atom is 0.133 e. The Labute approximate surface area is 123 Å². The highest BCUT2D eigenvalue weighted by Crippen LogP contribution is 2.25. The minimum Gasteiger partial charge on any atom is -0.496 e. The van der Waals surface area contributed by atoms with Crippen molar-refractivity contribution in [1.29, 1.82) is 0 Å². The van der Waals surface area contributed by atoms with Crippen molar-refractivity contribution in [3.63, 3.8) is 0 Å². The Morgan fingerprint density at radius 2 is 2.11 bits per heavy atom. The van der Waals surface area contributed by atoms with Crippen LogP contribution in [0.2, 0.25) is 0 Å². The second kappa shape index (κ2) is 8.03. The molecule has 1 aromatic carbocycles. The third-order valence-corrected chi connectivity index (χ3v) is 3.75. The topological polar surface area (TPSA) is 21.3 Å². The van der Waals surface area contributed by atoms with E-state index in [0.717, 1.165) is 23.2 Å². The van der Waals surface area contributed by atoms with Crippen LogP contribution in [0.4, 0.5) is 0 Å². The molecule has 0 amide bonds. The fourth-order valence-electron chi connectivity index (χ4n) is 1.85. The minimum absolute atomic E-state index is 0.368. The number of nitrogens with one attached hydrogen (secondary N) is 1. The van der Waals surface area contributed by atoms with E-state index in [1.54, 1.807) is 7.11 Å². The summed E-state index contributed by atoms with van der Waals surface area (Å²) in [6.07, 6.45) is 1.10. The maximum atomic E-state index is 5.97. The van der Waals surface area contributed by atoms with Crippen molar-refractivity contribution >= 4 is 27.5 Å². The van der Waals surface area contributed by atoms with E-state index in [2.05, 4.69) is 47.2 Å². The lowest BCUT2D eigenvalue weighted by Gasteiger charge is -2.18. The van der Waals surface area contributed by atoms with Crippen LogP contribution in [0.5, 0.6) is 5.75 Å². The molecule has 0 heterocycles. The Balaban J connectivity index is 2.54. The fraction of sp³-hybridized carbons (Fsp3) is 0.571. The van der Waals surface area contributed by atoms with E-state index in [1.807, 2.05) is 6.07 Å². The van der Waals surface area contributed by atoms with E-state index in [-0.39, 0.29) is 0 Å². The number of rotatable bonds is 7. The van der Waals surface area contributed by atoms with Crippen molar-refractivity contribution in [3.05, 3.63) is 28.2 Å². The van der Waals surface area contributed by atoms with E-state index in [1.165, 1.54) is 5.56 Å². The van der Waals surface area contributed by atoms with Gasteiger partial charge in [-0.2, -0.15) is 0 Å². The van der Waals surface area contributed by atoms with E-state index >= 15 is 0 Å². The molecule has 0 saturated carbocycles. The predicted octanol–water partition coefficient (Wildman–Crippen LogP) is 4.20. The largest absolute Gasteiger partial charge is 0.496 e. The molecule has 0 aliphatic heterocycles. The van der Waals surface area contributed by atoms with Gasteiger partial charge < -0.3 is 10.1 Å². The smallest absolute Gasteiger partial charge is 0.133 e. The number of methoxy groups -OCH3 is 1. The summed E-state index contributed by atoms with van der Waals surface area (Å²) in [6.45, 7) is 5.25. The molecular formula is C14H21BrClNO. The van der Waals surface area contributed by atoms with Crippen molar-refractivity contribution in [2.24, 2.45) is 5.92 Å². The highest BCUT2D eigenvalue weighted by Gasteiger charge is 2.09. The Morgan fingerprint density at radius 3 is 2.61 bits per heavy atom. The van der Waals surface area contributed by atoms with Crippen LogP contribution in [0.3, 0.4) is 0 Å². The summed E-state index contributed by atoms with van der Waals surface area (Å²) < 4.78 is 6.19. The van der Waals surface area contributed by atoms with Crippen LogP contribution >= 0.6 is 27.5 Å². The van der Waals surface area contributed by atoms with Gasteiger partial charge in [0.25, 0.3) is 0 Å². The van der Waals surface area contributed by atoms with Crippen molar-refractivity contribution in [2.45, 2.75) is 32.9 Å². The van der Waals surface area contributed by atoms with Crippen LogP contribution in [-0.2, 0) is 6.54 Å². The molecule has 0 aliphatic rings. The first-order chi connectivity index (χ1) is 8.56. The lowest BCUT2D eigenvalue weighted by molar-refractivity contribution is 0.411. The van der Waals surface area contributed by atoms with Crippen LogP contribution in [0.15, 0.2) is 22.7 Å². The van der Waals surface area contributed by atoms with Gasteiger partial charge in [-0.25, -0.2) is 0 Å². The van der Waals surface area contributed by atoms with Gasteiger partial charge in [-0.1, -0.05) is 19.9 Å². The van der Waals surface area contributed by atoms with Crippen molar-refractivity contribution in [3.8, 4) is 5.75 Å². The molecule has 1 N–H and O–H groups in total. The lowest BCUT2D eigenvalue weighted by atomic mass is 10.0. The Morgan fingerprint density at radius 1 is 1.39 bits per heavy atom. The fourth-order valence-corrected chi connectivity index (χ4v) is 2.68. The van der Waals surface area contributed by atoms with E-state index in [0.29, 0.717) is 17.8 Å². The molecule has 1 unspecified atom stereocenters. The SMILES string of the molecule is COc1ccc(CNC(CCl)CC(C)C)cc1Br. The number of ether oxygens (including phenoxy) is 1. The lowest BCUT2D eigenvalue weighted by Crippen LogP contribution is -2.31. The van der Waals surface area contributed by atoms with Gasteiger partial charge in [0, 0.05) is 18.5 Å². The number of hydrogen-bond donors (Lipinski definition) is 1. The van der Waals surface area contributed by atoms with Crippen molar-refractivity contribution in [2.75, 3.05) is 13.0 Å². The van der Waals surface area contributed by atoms with E-state index < -0.39 is 0 Å². The first kappa shape index (κ1) is 15.8. The van der Waals surface area contributed by atoms with Crippen LogP contribution in [-0.4, -0.2) is 19.0 Å². The van der Waals surface area contributed by atoms with Gasteiger partial charge in [0.15, 0.2) is 0 Å². The second-order valence-corrected chi connectivity index (χ2v) is 5.99. The molecule has 18 heavy (non-hydrogen) atoms. The average molecular weight is 335 g/mol. The summed E-state index contributed by atoms with van der Waals surface area (Å²) in [4.78, 5) is 0. The molecule has 1 rings (SSSR count). The zero-order valence-corrected chi connectivity index (χ0v) is 13.5. The molecule has 102 valence electrons. The molecule has 1 atom stereocenters. The summed E-state index contributed by atoms with van der Waals surface area (Å²) in [6, 6.07) is 6.48. The summed E-state index contributed by atoms with van der Waals surface area (Å²) >= 11 is 9.46. The van der Waals surface area contributed by atoms with E-state index in [9.17, 15) is 0 Å². The molecule has 1 aromatic rings. The quantitative estimate of drug-likeness (QED) is 0.755. The first-order valence-corrected chi connectivity index (χ1v) is 7.51. The highest BCUT2D eigenvalue weighted by atomic mass is 79.9. The minimum atomic E-state index is 0.368. The van der Waals surface area contributed by atoms with Gasteiger partial charge in [-0.05, 0) is 46.0 Å². The summed E-state index contributed by atoms with van der Waals surface area (Å²) in [7, 11) is 1.67. The summed E-state index contributed by atoms with van der Waals surface area (Å²) in [5.41, 5.74) is 1.22. The zero-order chi connectivity index (χ0) is 13.5. The predicted molar refractivity (Wildman–Crippen MR) is 81.5 cm³/mol. The molecule has 0 aromatic heterocycles. The number of alkyl halides is 1. The maximum absolute atomic E-state index is 5.97. The Kier molecular flexibility index (Phi) is 7.05. The number of halogens is 2. The highest BCUT2D eigenvalue weighted by molar-refractivity contribution is 9.10. The Hall–Kier alpha value is -0.250. The van der Waals surface area contributed by atoms with Gasteiger partial charge >= 0.3 is 0 Å². The molecule has 4 heteroatoms. The molecule has 0 spiro atoms. The first-order valence-electron chi connectivity index (χ1n) is 6.18. The summed E-state index contributed by atoms with van der Waals surface area (Å²) in [5, 5.41) is 3.49. The molecular weight excluding hydrogens is 314 g/mol. The third kappa shape index (κ3) is 5.17. The van der Waals surface area contributed by atoms with Crippen molar-refractivity contribution in [1.82, 2.24) is 5.32 Å². The van der Waals surface area contributed by atoms with E-state index in [4.69, 9.17) is 16.3 Å². The number of benzene rings is 1. The number of hydrogen-bond acceptors (Lipinski definition) is 2. The molecule has 0 radical (unpaired) electrons. The van der Waals surface area contributed by atoms with Crippen LogP contribution < -0.4 is 10.1 Å². The van der Waals surface area contributed by atoms with Gasteiger partial charge in [-0.3, -0.25) is 0 Å². The second-order valence-electron chi connectivity index (χ2n) is 4.83. The molecule has 0 aliphatic carbocycles. The molecule has 2 nitrogen and oxygen atoms in total. The third-order valence-electron chi connectivity index (χ3n) is 2.75. The van der Waals surface area contributed by atoms with Gasteiger partial charge in [0.2, 0.25) is 0 Å². The average Bonchev–Trinajstić information content (AvgIpc) is 2.34. The zero-order valence-electron chi connectivity index (χ0n) is 11.2. The van der Waals surface area contributed by atoms with Gasteiger partial charge in [0.1, 0.15) is 5.75 Å². The summed E-state index contributed by atoms with van der Waals surface area (Å²) in [5.74, 6) is 2.16. The van der Waals surface area contributed by atoms with Crippen LogP contribution in [0, 0.1) is 5.92 Å². The molecule has 0 fully saturated rings. The standard InChI is InChI=1S/C14H21BrClNO/c1-10(2)6-12(8-16)17-9-11-4-5-14(18-3)13(15)7-11/h4-5,7,10,12,17H,6,8-9H2,1-3H3. The molecule has 0 bridgehead atoms. The normalized spacial score (nSPS) is 12.8. The van der Waals surface area contributed by atoms with Crippen molar-refractivity contribution < 1.29 is 4.74 Å². The van der Waals surface area contributed by atoms with Crippen LogP contribution in [0.1, 0.15) is 25.8 Å². The monoisotopic (exact) mass is 333 g/mol.